The van der Waals surface area contributed by atoms with Gasteiger partial charge >= 0.3 is 0 Å². The molecule has 1 aliphatic carbocycles. The third-order valence-electron chi connectivity index (χ3n) is 5.76. The van der Waals surface area contributed by atoms with Gasteiger partial charge < -0.3 is 0 Å². The number of alkyl halides is 1. The molecule has 0 spiro atoms. The molecule has 1 saturated carbocycles. The second-order valence-electron chi connectivity index (χ2n) is 7.57. The molecule has 0 N–H and O–H groups in total. The summed E-state index contributed by atoms with van der Waals surface area (Å²) < 4.78 is 3.77. The average Bonchev–Trinajstić information content (AvgIpc) is 2.98. The predicted octanol–water partition coefficient (Wildman–Crippen LogP) is 8.47. The highest BCUT2D eigenvalue weighted by Crippen LogP contribution is 2.37. The molecule has 1 fully saturated rings. The summed E-state index contributed by atoms with van der Waals surface area (Å²) in [6, 6.07) is 16.2. The highest BCUT2D eigenvalue weighted by Gasteiger charge is 2.15. The Balaban J connectivity index is 1.60. The first-order valence-corrected chi connectivity index (χ1v) is 11.9. The Morgan fingerprint density at radius 3 is 2.28 bits per heavy atom. The lowest BCUT2D eigenvalue weighted by Crippen LogP contribution is -2.00. The van der Waals surface area contributed by atoms with Gasteiger partial charge in [-0.05, 0) is 55.4 Å². The van der Waals surface area contributed by atoms with E-state index >= 15 is 0 Å². The van der Waals surface area contributed by atoms with Crippen molar-refractivity contribution in [1.29, 1.82) is 0 Å². The van der Waals surface area contributed by atoms with Gasteiger partial charge in [0.05, 0.1) is 0 Å². The molecule has 2 heteroatoms. The van der Waals surface area contributed by atoms with Gasteiger partial charge in [0.1, 0.15) is 0 Å². The first kappa shape index (κ1) is 17.8. The van der Waals surface area contributed by atoms with E-state index < -0.39 is 0 Å². The maximum absolute atomic E-state index is 2.68. The Labute approximate surface area is 169 Å². The van der Waals surface area contributed by atoms with E-state index in [1.807, 2.05) is 11.3 Å². The third-order valence-corrected chi connectivity index (χ3v) is 8.16. The Bertz CT molecular complexity index is 834. The van der Waals surface area contributed by atoms with Crippen molar-refractivity contribution in [3.05, 3.63) is 48.0 Å². The molecule has 0 saturated heterocycles. The fourth-order valence-electron chi connectivity index (χ4n) is 4.31. The van der Waals surface area contributed by atoms with Crippen LogP contribution in [0.15, 0.2) is 42.5 Å². The fraction of sp³-hybridized carbons (Fsp3) is 0.478. The molecule has 2 unspecified atom stereocenters. The highest BCUT2D eigenvalue weighted by molar-refractivity contribution is 14.1. The largest absolute Gasteiger partial charge is 0.135 e. The van der Waals surface area contributed by atoms with Crippen molar-refractivity contribution in [2.45, 2.75) is 67.6 Å². The molecular formula is C23H27IS. The van der Waals surface area contributed by atoms with E-state index in [1.54, 1.807) is 5.56 Å². The van der Waals surface area contributed by atoms with Crippen LogP contribution in [0, 0.1) is 0 Å². The van der Waals surface area contributed by atoms with Crippen molar-refractivity contribution >= 4 is 54.1 Å². The van der Waals surface area contributed by atoms with Crippen LogP contribution in [0.4, 0.5) is 0 Å². The Morgan fingerprint density at radius 2 is 1.40 bits per heavy atom. The van der Waals surface area contributed by atoms with Gasteiger partial charge in [-0.2, -0.15) is 0 Å². The molecule has 25 heavy (non-hydrogen) atoms. The molecule has 1 aliphatic rings. The molecule has 1 heterocycles. The van der Waals surface area contributed by atoms with Gasteiger partial charge in [-0.3, -0.25) is 0 Å². The summed E-state index contributed by atoms with van der Waals surface area (Å²) in [6.07, 6.45) is 12.6. The summed E-state index contributed by atoms with van der Waals surface area (Å²) in [5.74, 6) is 0.758. The maximum atomic E-state index is 2.68. The third kappa shape index (κ3) is 4.21. The number of benzene rings is 2. The van der Waals surface area contributed by atoms with Gasteiger partial charge in [0.15, 0.2) is 0 Å². The van der Waals surface area contributed by atoms with Gasteiger partial charge in [0.2, 0.25) is 0 Å². The summed E-state index contributed by atoms with van der Waals surface area (Å²) in [7, 11) is 0. The zero-order chi connectivity index (χ0) is 17.1. The molecule has 0 nitrogen and oxygen atoms in total. The van der Waals surface area contributed by atoms with Crippen molar-refractivity contribution in [3.63, 3.8) is 0 Å². The highest BCUT2D eigenvalue weighted by atomic mass is 127. The number of hydrogen-bond acceptors (Lipinski definition) is 1. The summed E-state index contributed by atoms with van der Waals surface area (Å²) in [5.41, 5.74) is 1.58. The zero-order valence-electron chi connectivity index (χ0n) is 14.8. The van der Waals surface area contributed by atoms with Crippen molar-refractivity contribution in [2.75, 3.05) is 0 Å². The molecule has 4 rings (SSSR count). The normalized spacial score (nSPS) is 23.6. The SMILES string of the molecule is IC1CCCCCC(c2ccc3sc4ccccc4c3c2)CCCC1. The molecule has 2 atom stereocenters. The predicted molar refractivity (Wildman–Crippen MR) is 121 cm³/mol. The number of fused-ring (bicyclic) bond motifs is 3. The molecule has 132 valence electrons. The summed E-state index contributed by atoms with van der Waals surface area (Å²) >= 11 is 4.61. The smallest absolute Gasteiger partial charge is 0.0355 e. The van der Waals surface area contributed by atoms with E-state index in [0.29, 0.717) is 0 Å². The topological polar surface area (TPSA) is 0 Å². The first-order chi connectivity index (χ1) is 12.3. The molecule has 0 bridgehead atoms. The lowest BCUT2D eigenvalue weighted by molar-refractivity contribution is 0.515. The minimum atomic E-state index is 0.758. The molecule has 1 aromatic heterocycles. The summed E-state index contributed by atoms with van der Waals surface area (Å²) in [6.45, 7) is 0. The summed E-state index contributed by atoms with van der Waals surface area (Å²) in [5, 5.41) is 2.91. The van der Waals surface area contributed by atoms with Crippen molar-refractivity contribution in [2.24, 2.45) is 0 Å². The van der Waals surface area contributed by atoms with E-state index in [0.717, 1.165) is 9.84 Å². The average molecular weight is 462 g/mol. The minimum absolute atomic E-state index is 0.758. The van der Waals surface area contributed by atoms with Gasteiger partial charge in [0, 0.05) is 24.1 Å². The standard InChI is InChI=1S/C23H27IS/c24-19-10-3-1-2-8-17(9-4-5-11-19)18-14-15-23-21(16-18)20-12-6-7-13-22(20)25-23/h6-7,12-17,19H,1-5,8-11H2. The van der Waals surface area contributed by atoms with Crippen LogP contribution in [-0.2, 0) is 0 Å². The van der Waals surface area contributed by atoms with Crippen molar-refractivity contribution < 1.29 is 0 Å². The number of rotatable bonds is 1. The Morgan fingerprint density at radius 1 is 0.720 bits per heavy atom. The van der Waals surface area contributed by atoms with Crippen LogP contribution in [0.5, 0.6) is 0 Å². The van der Waals surface area contributed by atoms with E-state index in [9.17, 15) is 0 Å². The molecule has 2 aromatic carbocycles. The van der Waals surface area contributed by atoms with Gasteiger partial charge in [-0.15, -0.1) is 11.3 Å². The van der Waals surface area contributed by atoms with Crippen LogP contribution in [0.25, 0.3) is 20.2 Å². The van der Waals surface area contributed by atoms with Crippen LogP contribution in [0.1, 0.15) is 69.3 Å². The van der Waals surface area contributed by atoms with Gasteiger partial charge in [-0.1, -0.05) is 79.0 Å². The molecule has 0 aliphatic heterocycles. The first-order valence-electron chi connectivity index (χ1n) is 9.86. The van der Waals surface area contributed by atoms with E-state index in [4.69, 9.17) is 0 Å². The van der Waals surface area contributed by atoms with E-state index in [2.05, 4.69) is 65.1 Å². The van der Waals surface area contributed by atoms with Crippen molar-refractivity contribution in [1.82, 2.24) is 0 Å². The second kappa shape index (κ2) is 8.39. The zero-order valence-corrected chi connectivity index (χ0v) is 17.8. The van der Waals surface area contributed by atoms with E-state index in [1.165, 1.54) is 78.0 Å². The molecule has 0 amide bonds. The lowest BCUT2D eigenvalue weighted by atomic mass is 9.88. The lowest BCUT2D eigenvalue weighted by Gasteiger charge is -2.17. The number of halogens is 1. The second-order valence-corrected chi connectivity index (χ2v) is 10.4. The van der Waals surface area contributed by atoms with Gasteiger partial charge in [-0.25, -0.2) is 0 Å². The van der Waals surface area contributed by atoms with Crippen molar-refractivity contribution in [3.8, 4) is 0 Å². The monoisotopic (exact) mass is 462 g/mol. The summed E-state index contributed by atoms with van der Waals surface area (Å²) in [4.78, 5) is 0. The van der Waals surface area contributed by atoms with E-state index in [-0.39, 0.29) is 0 Å². The van der Waals surface area contributed by atoms with Crippen LogP contribution >= 0.6 is 33.9 Å². The fourth-order valence-corrected chi connectivity index (χ4v) is 6.28. The molecule has 3 aromatic rings. The number of thiophene rings is 1. The minimum Gasteiger partial charge on any atom is -0.135 e. The Kier molecular flexibility index (Phi) is 5.97. The van der Waals surface area contributed by atoms with Crippen LogP contribution < -0.4 is 0 Å². The molecule has 0 radical (unpaired) electrons. The Hall–Kier alpha value is -0.610. The van der Waals surface area contributed by atoms with Crippen LogP contribution in [0.2, 0.25) is 0 Å². The quantitative estimate of drug-likeness (QED) is 0.251. The maximum Gasteiger partial charge on any atom is 0.0355 e. The molecular weight excluding hydrogens is 435 g/mol. The van der Waals surface area contributed by atoms with Gasteiger partial charge in [0.25, 0.3) is 0 Å². The van der Waals surface area contributed by atoms with Crippen LogP contribution in [-0.4, -0.2) is 3.92 Å². The van der Waals surface area contributed by atoms with Crippen LogP contribution in [0.3, 0.4) is 0 Å². The number of hydrogen-bond donors (Lipinski definition) is 0.